The molecule has 0 aromatic heterocycles. The lowest BCUT2D eigenvalue weighted by Gasteiger charge is -2.38. The standard InChI is InChI=1S/C12H22N2O3/c1-5-12(11(16)17)7-6-8-14(12)9(2)10(15)13(3)4/h9H,5-8H2,1-4H3,(H,16,17). The zero-order valence-electron chi connectivity index (χ0n) is 11.1. The van der Waals surface area contributed by atoms with Crippen molar-refractivity contribution in [2.75, 3.05) is 20.6 Å². The Kier molecular flexibility index (Phi) is 4.14. The van der Waals surface area contributed by atoms with Crippen molar-refractivity contribution in [2.45, 2.75) is 44.7 Å². The Labute approximate surface area is 102 Å². The fourth-order valence-corrected chi connectivity index (χ4v) is 2.73. The Balaban J connectivity index is 2.96. The summed E-state index contributed by atoms with van der Waals surface area (Å²) in [4.78, 5) is 26.8. The lowest BCUT2D eigenvalue weighted by molar-refractivity contribution is -0.153. The van der Waals surface area contributed by atoms with E-state index in [-0.39, 0.29) is 11.9 Å². The smallest absolute Gasteiger partial charge is 0.324 e. The lowest BCUT2D eigenvalue weighted by Crippen LogP contribution is -2.57. The molecule has 0 bridgehead atoms. The van der Waals surface area contributed by atoms with Crippen LogP contribution in [0.15, 0.2) is 0 Å². The summed E-state index contributed by atoms with van der Waals surface area (Å²) in [7, 11) is 3.40. The number of hydrogen-bond donors (Lipinski definition) is 1. The molecule has 5 nitrogen and oxygen atoms in total. The van der Waals surface area contributed by atoms with Gasteiger partial charge in [-0.1, -0.05) is 6.92 Å². The molecule has 17 heavy (non-hydrogen) atoms. The Hall–Kier alpha value is -1.10. The van der Waals surface area contributed by atoms with E-state index in [1.807, 2.05) is 11.8 Å². The van der Waals surface area contributed by atoms with Gasteiger partial charge in [0.05, 0.1) is 6.04 Å². The fraction of sp³-hybridized carbons (Fsp3) is 0.833. The van der Waals surface area contributed by atoms with Gasteiger partial charge < -0.3 is 10.0 Å². The van der Waals surface area contributed by atoms with E-state index in [1.54, 1.807) is 21.0 Å². The predicted octanol–water partition coefficient (Wildman–Crippen LogP) is 0.792. The van der Waals surface area contributed by atoms with Gasteiger partial charge in [-0.05, 0) is 26.2 Å². The van der Waals surface area contributed by atoms with Crippen LogP contribution >= 0.6 is 0 Å². The highest BCUT2D eigenvalue weighted by Crippen LogP contribution is 2.34. The number of nitrogens with zero attached hydrogens (tertiary/aromatic N) is 2. The minimum Gasteiger partial charge on any atom is -0.480 e. The summed E-state index contributed by atoms with van der Waals surface area (Å²) in [6.07, 6.45) is 2.00. The van der Waals surface area contributed by atoms with E-state index in [1.165, 1.54) is 4.90 Å². The number of carbonyl (C=O) groups excluding carboxylic acids is 1. The minimum atomic E-state index is -0.856. The number of hydrogen-bond acceptors (Lipinski definition) is 3. The van der Waals surface area contributed by atoms with Gasteiger partial charge >= 0.3 is 5.97 Å². The van der Waals surface area contributed by atoms with Crippen molar-refractivity contribution >= 4 is 11.9 Å². The molecular formula is C12H22N2O3. The summed E-state index contributed by atoms with van der Waals surface area (Å²) in [6, 6.07) is -0.372. The molecule has 2 unspecified atom stereocenters. The van der Waals surface area contributed by atoms with Crippen molar-refractivity contribution in [1.82, 2.24) is 9.80 Å². The molecule has 1 heterocycles. The first-order valence-electron chi connectivity index (χ1n) is 6.08. The maximum absolute atomic E-state index is 11.9. The Morgan fingerprint density at radius 3 is 2.47 bits per heavy atom. The molecule has 1 fully saturated rings. The zero-order valence-corrected chi connectivity index (χ0v) is 11.1. The monoisotopic (exact) mass is 242 g/mol. The average molecular weight is 242 g/mol. The number of carbonyl (C=O) groups is 2. The summed E-state index contributed by atoms with van der Waals surface area (Å²) in [5, 5.41) is 9.44. The largest absolute Gasteiger partial charge is 0.480 e. The van der Waals surface area contributed by atoms with Crippen LogP contribution in [0.2, 0.25) is 0 Å². The molecule has 98 valence electrons. The van der Waals surface area contributed by atoms with Crippen LogP contribution in [-0.2, 0) is 9.59 Å². The summed E-state index contributed by atoms with van der Waals surface area (Å²) in [6.45, 7) is 4.35. The number of carboxylic acid groups (broad SMARTS) is 1. The van der Waals surface area contributed by atoms with Gasteiger partial charge in [0.2, 0.25) is 5.91 Å². The second-order valence-electron chi connectivity index (χ2n) is 4.90. The van der Waals surface area contributed by atoms with Crippen LogP contribution in [0.4, 0.5) is 0 Å². The third-order valence-corrected chi connectivity index (χ3v) is 3.79. The molecule has 1 rings (SSSR count). The number of carboxylic acids is 1. The third-order valence-electron chi connectivity index (χ3n) is 3.79. The second kappa shape index (κ2) is 5.04. The van der Waals surface area contributed by atoms with Crippen molar-refractivity contribution in [2.24, 2.45) is 0 Å². The van der Waals surface area contributed by atoms with Crippen LogP contribution in [0, 0.1) is 0 Å². The number of aliphatic carboxylic acids is 1. The maximum Gasteiger partial charge on any atom is 0.324 e. The molecule has 0 aromatic rings. The molecule has 1 N–H and O–H groups in total. The van der Waals surface area contributed by atoms with Crippen molar-refractivity contribution in [3.8, 4) is 0 Å². The van der Waals surface area contributed by atoms with Crippen molar-refractivity contribution in [1.29, 1.82) is 0 Å². The normalized spacial score (nSPS) is 26.8. The SMILES string of the molecule is CCC1(C(=O)O)CCCN1C(C)C(=O)N(C)C. The minimum absolute atomic E-state index is 0.0361. The van der Waals surface area contributed by atoms with E-state index >= 15 is 0 Å². The lowest BCUT2D eigenvalue weighted by atomic mass is 9.92. The highest BCUT2D eigenvalue weighted by atomic mass is 16.4. The van der Waals surface area contributed by atoms with Gasteiger partial charge in [0.1, 0.15) is 5.54 Å². The molecule has 1 amide bonds. The Bertz CT molecular complexity index is 317. The highest BCUT2D eigenvalue weighted by Gasteiger charge is 2.49. The first-order valence-corrected chi connectivity index (χ1v) is 6.08. The van der Waals surface area contributed by atoms with Crippen LogP contribution in [0.25, 0.3) is 0 Å². The summed E-state index contributed by atoms with van der Waals surface area (Å²) >= 11 is 0. The first-order chi connectivity index (χ1) is 7.86. The van der Waals surface area contributed by atoms with E-state index in [9.17, 15) is 14.7 Å². The number of likely N-dealkylation sites (N-methyl/N-ethyl adjacent to an activating group) is 1. The molecule has 0 spiro atoms. The van der Waals surface area contributed by atoms with Crippen LogP contribution in [0.1, 0.15) is 33.1 Å². The number of likely N-dealkylation sites (tertiary alicyclic amines) is 1. The van der Waals surface area contributed by atoms with E-state index in [2.05, 4.69) is 0 Å². The molecular weight excluding hydrogens is 220 g/mol. The van der Waals surface area contributed by atoms with E-state index in [0.29, 0.717) is 19.4 Å². The second-order valence-corrected chi connectivity index (χ2v) is 4.90. The average Bonchev–Trinajstić information content (AvgIpc) is 2.71. The van der Waals surface area contributed by atoms with Crippen LogP contribution in [0.3, 0.4) is 0 Å². The highest BCUT2D eigenvalue weighted by molar-refractivity contribution is 5.84. The van der Waals surface area contributed by atoms with Crippen molar-refractivity contribution in [3.63, 3.8) is 0 Å². The Morgan fingerprint density at radius 1 is 1.47 bits per heavy atom. The van der Waals surface area contributed by atoms with Gasteiger partial charge in [-0.25, -0.2) is 0 Å². The summed E-state index contributed by atoms with van der Waals surface area (Å²) in [5.74, 6) is -0.845. The van der Waals surface area contributed by atoms with Gasteiger partial charge in [0, 0.05) is 20.6 Å². The van der Waals surface area contributed by atoms with E-state index in [0.717, 1.165) is 6.42 Å². The maximum atomic E-state index is 11.9. The topological polar surface area (TPSA) is 60.9 Å². The van der Waals surface area contributed by atoms with Crippen LogP contribution in [-0.4, -0.2) is 59.0 Å². The van der Waals surface area contributed by atoms with E-state index < -0.39 is 11.5 Å². The number of amides is 1. The predicted molar refractivity (Wildman–Crippen MR) is 64.8 cm³/mol. The molecule has 0 radical (unpaired) electrons. The van der Waals surface area contributed by atoms with E-state index in [4.69, 9.17) is 0 Å². The zero-order chi connectivity index (χ0) is 13.2. The molecule has 0 saturated carbocycles. The quantitative estimate of drug-likeness (QED) is 0.792. The molecule has 1 aliphatic heterocycles. The van der Waals surface area contributed by atoms with Crippen LogP contribution in [0.5, 0.6) is 0 Å². The third kappa shape index (κ3) is 2.29. The number of rotatable bonds is 4. The van der Waals surface area contributed by atoms with Gasteiger partial charge in [0.15, 0.2) is 0 Å². The van der Waals surface area contributed by atoms with Gasteiger partial charge in [-0.2, -0.15) is 0 Å². The molecule has 1 aliphatic rings. The molecule has 5 heteroatoms. The van der Waals surface area contributed by atoms with Gasteiger partial charge in [-0.3, -0.25) is 14.5 Å². The first kappa shape index (κ1) is 14.0. The fourth-order valence-electron chi connectivity index (χ4n) is 2.73. The summed E-state index contributed by atoms with van der Waals surface area (Å²) in [5.41, 5.74) is -0.856. The van der Waals surface area contributed by atoms with Gasteiger partial charge in [0.25, 0.3) is 0 Å². The van der Waals surface area contributed by atoms with Crippen molar-refractivity contribution in [3.05, 3.63) is 0 Å². The Morgan fingerprint density at radius 2 is 2.06 bits per heavy atom. The molecule has 0 aromatic carbocycles. The van der Waals surface area contributed by atoms with Crippen LogP contribution < -0.4 is 0 Å². The summed E-state index contributed by atoms with van der Waals surface area (Å²) < 4.78 is 0. The van der Waals surface area contributed by atoms with Crippen molar-refractivity contribution < 1.29 is 14.7 Å². The molecule has 1 saturated heterocycles. The molecule has 0 aliphatic carbocycles. The molecule has 2 atom stereocenters. The van der Waals surface area contributed by atoms with Gasteiger partial charge in [-0.15, -0.1) is 0 Å².